The molecule has 5 nitrogen and oxygen atoms in total. The molecule has 0 aliphatic heterocycles. The summed E-state index contributed by atoms with van der Waals surface area (Å²) < 4.78 is 0. The minimum atomic E-state index is -0.143. The zero-order chi connectivity index (χ0) is 13.5. The lowest BCUT2D eigenvalue weighted by Gasteiger charge is -2.09. The first-order valence-corrected chi connectivity index (χ1v) is 7.07. The first-order valence-electron chi connectivity index (χ1n) is 7.07. The highest BCUT2D eigenvalue weighted by atomic mass is 16.1. The Kier molecular flexibility index (Phi) is 5.12. The molecule has 0 aromatic carbocycles. The van der Waals surface area contributed by atoms with Crippen LogP contribution in [-0.4, -0.2) is 29.5 Å². The first-order chi connectivity index (χ1) is 9.29. The molecular formula is C14H22N4O. The lowest BCUT2D eigenvalue weighted by Crippen LogP contribution is -2.26. The maximum atomic E-state index is 11.9. The highest BCUT2D eigenvalue weighted by molar-refractivity contribution is 5.92. The Morgan fingerprint density at radius 2 is 2.16 bits per heavy atom. The van der Waals surface area contributed by atoms with Crippen molar-refractivity contribution in [2.45, 2.75) is 38.5 Å². The van der Waals surface area contributed by atoms with Gasteiger partial charge in [0.05, 0.1) is 12.4 Å². The van der Waals surface area contributed by atoms with Crippen LogP contribution in [0.5, 0.6) is 0 Å². The van der Waals surface area contributed by atoms with Crippen LogP contribution in [0.25, 0.3) is 0 Å². The summed E-state index contributed by atoms with van der Waals surface area (Å²) in [6.45, 7) is 0.723. The Hall–Kier alpha value is -1.65. The number of nitrogens with one attached hydrogen (secondary N) is 2. The number of aromatic nitrogens is 2. The van der Waals surface area contributed by atoms with Crippen molar-refractivity contribution in [2.75, 3.05) is 18.9 Å². The van der Waals surface area contributed by atoms with Crippen molar-refractivity contribution in [2.24, 2.45) is 5.92 Å². The maximum absolute atomic E-state index is 11.9. The van der Waals surface area contributed by atoms with Gasteiger partial charge in [0.1, 0.15) is 11.5 Å². The van der Waals surface area contributed by atoms with E-state index in [9.17, 15) is 4.79 Å². The van der Waals surface area contributed by atoms with Crippen molar-refractivity contribution in [3.63, 3.8) is 0 Å². The molecule has 2 N–H and O–H groups in total. The van der Waals surface area contributed by atoms with Gasteiger partial charge in [0.15, 0.2) is 0 Å². The highest BCUT2D eigenvalue weighted by Gasteiger charge is 2.14. The van der Waals surface area contributed by atoms with Crippen LogP contribution < -0.4 is 10.6 Å². The maximum Gasteiger partial charge on any atom is 0.271 e. The molecule has 0 atom stereocenters. The van der Waals surface area contributed by atoms with Gasteiger partial charge in [-0.05, 0) is 18.8 Å². The molecule has 1 heterocycles. The molecule has 2 rings (SSSR count). The third-order valence-corrected chi connectivity index (χ3v) is 3.67. The largest absolute Gasteiger partial charge is 0.372 e. The van der Waals surface area contributed by atoms with Crippen molar-refractivity contribution in [1.82, 2.24) is 15.3 Å². The second-order valence-corrected chi connectivity index (χ2v) is 5.09. The molecule has 1 saturated carbocycles. The SMILES string of the molecule is CNc1cncc(C(=O)NCCCC2CCCC2)n1. The standard InChI is InChI=1S/C14H22N4O/c1-15-13-10-16-9-12(18-13)14(19)17-8-4-7-11-5-2-3-6-11/h9-11H,2-8H2,1H3,(H,15,18)(H,17,19). The van der Waals surface area contributed by atoms with Gasteiger partial charge in [-0.3, -0.25) is 9.78 Å². The molecule has 19 heavy (non-hydrogen) atoms. The Labute approximate surface area is 114 Å². The fraction of sp³-hybridized carbons (Fsp3) is 0.643. The van der Waals surface area contributed by atoms with E-state index < -0.39 is 0 Å². The van der Waals surface area contributed by atoms with Gasteiger partial charge in [-0.2, -0.15) is 0 Å². The number of nitrogens with zero attached hydrogens (tertiary/aromatic N) is 2. The van der Waals surface area contributed by atoms with Crippen molar-refractivity contribution >= 4 is 11.7 Å². The zero-order valence-corrected chi connectivity index (χ0v) is 11.5. The van der Waals surface area contributed by atoms with Crippen LogP contribution in [0.1, 0.15) is 49.0 Å². The zero-order valence-electron chi connectivity index (χ0n) is 11.5. The van der Waals surface area contributed by atoms with E-state index in [0.717, 1.165) is 18.9 Å². The molecule has 1 aromatic rings. The molecule has 0 spiro atoms. The van der Waals surface area contributed by atoms with Gasteiger partial charge in [0, 0.05) is 13.6 Å². The van der Waals surface area contributed by atoms with Crippen LogP contribution in [-0.2, 0) is 0 Å². The quantitative estimate of drug-likeness (QED) is 0.771. The molecule has 1 amide bonds. The fourth-order valence-corrected chi connectivity index (χ4v) is 2.58. The van der Waals surface area contributed by atoms with E-state index >= 15 is 0 Å². The molecule has 1 aliphatic carbocycles. The predicted octanol–water partition coefficient (Wildman–Crippen LogP) is 2.22. The van der Waals surface area contributed by atoms with Crippen LogP contribution >= 0.6 is 0 Å². The van der Waals surface area contributed by atoms with Crippen molar-refractivity contribution in [3.05, 3.63) is 18.1 Å². The van der Waals surface area contributed by atoms with Crippen molar-refractivity contribution in [1.29, 1.82) is 0 Å². The average Bonchev–Trinajstić information content (AvgIpc) is 2.96. The third-order valence-electron chi connectivity index (χ3n) is 3.67. The van der Waals surface area contributed by atoms with Gasteiger partial charge < -0.3 is 10.6 Å². The van der Waals surface area contributed by atoms with Crippen molar-refractivity contribution in [3.8, 4) is 0 Å². The Bertz CT molecular complexity index is 416. The Morgan fingerprint density at radius 3 is 2.89 bits per heavy atom. The van der Waals surface area contributed by atoms with Gasteiger partial charge in [0.2, 0.25) is 0 Å². The number of amides is 1. The molecule has 0 bridgehead atoms. The van der Waals surface area contributed by atoms with E-state index in [-0.39, 0.29) is 5.91 Å². The van der Waals surface area contributed by atoms with E-state index in [1.54, 1.807) is 13.2 Å². The van der Waals surface area contributed by atoms with Crippen molar-refractivity contribution < 1.29 is 4.79 Å². The lowest BCUT2D eigenvalue weighted by atomic mass is 10.0. The average molecular weight is 262 g/mol. The molecule has 0 saturated heterocycles. The molecule has 1 aromatic heterocycles. The summed E-state index contributed by atoms with van der Waals surface area (Å²) in [5.74, 6) is 1.35. The van der Waals surface area contributed by atoms with Crippen LogP contribution in [0, 0.1) is 5.92 Å². The number of hydrogen-bond donors (Lipinski definition) is 2. The number of hydrogen-bond acceptors (Lipinski definition) is 4. The van der Waals surface area contributed by atoms with Gasteiger partial charge in [0.25, 0.3) is 5.91 Å². The number of carbonyl (C=O) groups is 1. The van der Waals surface area contributed by atoms with Crippen LogP contribution in [0.3, 0.4) is 0 Å². The summed E-state index contributed by atoms with van der Waals surface area (Å²) in [7, 11) is 1.76. The minimum Gasteiger partial charge on any atom is -0.372 e. The molecule has 0 unspecified atom stereocenters. The number of carbonyl (C=O) groups excluding carboxylic acids is 1. The summed E-state index contributed by atoms with van der Waals surface area (Å²) in [6.07, 6.45) is 10.8. The van der Waals surface area contributed by atoms with E-state index in [1.807, 2.05) is 0 Å². The predicted molar refractivity (Wildman–Crippen MR) is 75.1 cm³/mol. The van der Waals surface area contributed by atoms with Gasteiger partial charge in [-0.1, -0.05) is 25.7 Å². The second kappa shape index (κ2) is 7.07. The fourth-order valence-electron chi connectivity index (χ4n) is 2.58. The van der Waals surface area contributed by atoms with Crippen LogP contribution in [0.2, 0.25) is 0 Å². The monoisotopic (exact) mass is 262 g/mol. The smallest absolute Gasteiger partial charge is 0.271 e. The normalized spacial score (nSPS) is 15.4. The molecule has 1 fully saturated rings. The summed E-state index contributed by atoms with van der Waals surface area (Å²) >= 11 is 0. The summed E-state index contributed by atoms with van der Waals surface area (Å²) in [5, 5.41) is 5.78. The molecule has 104 valence electrons. The van der Waals surface area contributed by atoms with Crippen LogP contribution in [0.15, 0.2) is 12.4 Å². The molecular weight excluding hydrogens is 240 g/mol. The summed E-state index contributed by atoms with van der Waals surface area (Å²) in [4.78, 5) is 20.0. The van der Waals surface area contributed by atoms with E-state index in [0.29, 0.717) is 11.5 Å². The summed E-state index contributed by atoms with van der Waals surface area (Å²) in [5.41, 5.74) is 0.368. The van der Waals surface area contributed by atoms with E-state index in [1.165, 1.54) is 38.3 Å². The van der Waals surface area contributed by atoms with E-state index in [2.05, 4.69) is 20.6 Å². The number of rotatable bonds is 6. The summed E-state index contributed by atoms with van der Waals surface area (Å²) in [6, 6.07) is 0. The second-order valence-electron chi connectivity index (χ2n) is 5.09. The topological polar surface area (TPSA) is 66.9 Å². The van der Waals surface area contributed by atoms with E-state index in [4.69, 9.17) is 0 Å². The number of anilines is 1. The van der Waals surface area contributed by atoms with Crippen LogP contribution in [0.4, 0.5) is 5.82 Å². The lowest BCUT2D eigenvalue weighted by molar-refractivity contribution is 0.0947. The molecule has 1 aliphatic rings. The van der Waals surface area contributed by atoms with Gasteiger partial charge >= 0.3 is 0 Å². The third kappa shape index (κ3) is 4.19. The Morgan fingerprint density at radius 1 is 1.37 bits per heavy atom. The first kappa shape index (κ1) is 13.8. The minimum absolute atomic E-state index is 0.143. The van der Waals surface area contributed by atoms with Gasteiger partial charge in [-0.15, -0.1) is 0 Å². The highest BCUT2D eigenvalue weighted by Crippen LogP contribution is 2.28. The molecule has 5 heteroatoms. The molecule has 0 radical (unpaired) electrons. The Balaban J connectivity index is 1.71. The van der Waals surface area contributed by atoms with Gasteiger partial charge in [-0.25, -0.2) is 4.98 Å².